The van der Waals surface area contributed by atoms with Crippen LogP contribution in [-0.4, -0.2) is 4.98 Å². The summed E-state index contributed by atoms with van der Waals surface area (Å²) in [6.07, 6.45) is 1.65. The lowest BCUT2D eigenvalue weighted by atomic mass is 10.5. The van der Waals surface area contributed by atoms with E-state index in [-0.39, 0.29) is 0 Å². The first-order valence-electron chi connectivity index (χ1n) is 2.26. The Kier molecular flexibility index (Phi) is 0.521. The van der Waals surface area contributed by atoms with Crippen LogP contribution in [0.1, 0.15) is 0 Å². The standard InChI is InChI=1S/C5H3NO2/c1-2-4-5(6-3-1)8-7-4/h1-3H. The molecule has 2 aromatic rings. The summed E-state index contributed by atoms with van der Waals surface area (Å²) in [5, 5.41) is 0. The van der Waals surface area contributed by atoms with Gasteiger partial charge in [-0.15, -0.1) is 0 Å². The Morgan fingerprint density at radius 1 is 1.38 bits per heavy atom. The van der Waals surface area contributed by atoms with Gasteiger partial charge in [0.15, 0.2) is 0 Å². The van der Waals surface area contributed by atoms with Gasteiger partial charge in [-0.1, -0.05) is 0 Å². The molecule has 8 heavy (non-hydrogen) atoms. The van der Waals surface area contributed by atoms with E-state index in [1.54, 1.807) is 18.3 Å². The van der Waals surface area contributed by atoms with Gasteiger partial charge in [-0.3, -0.25) is 9.15 Å². The SMILES string of the molecule is c1cnc2ooc2c1. The van der Waals surface area contributed by atoms with Crippen LogP contribution in [0.4, 0.5) is 0 Å². The maximum atomic E-state index is 4.51. The van der Waals surface area contributed by atoms with Crippen molar-refractivity contribution in [2.75, 3.05) is 0 Å². The number of hydrogen-bond donors (Lipinski definition) is 0. The van der Waals surface area contributed by atoms with Crippen molar-refractivity contribution in [3.63, 3.8) is 0 Å². The lowest BCUT2D eigenvalue weighted by Gasteiger charge is -1.91. The molecule has 2 heterocycles. The third-order valence-corrected chi connectivity index (χ3v) is 0.947. The third-order valence-electron chi connectivity index (χ3n) is 0.947. The molecule has 0 aliphatic rings. The minimum absolute atomic E-state index is 0.576. The lowest BCUT2D eigenvalue weighted by Crippen LogP contribution is -1.77. The van der Waals surface area contributed by atoms with Gasteiger partial charge in [0.05, 0.1) is 0 Å². The van der Waals surface area contributed by atoms with E-state index in [0.717, 1.165) is 0 Å². The zero-order chi connectivity index (χ0) is 5.40. The summed E-state index contributed by atoms with van der Waals surface area (Å²) in [4.78, 5) is 3.82. The summed E-state index contributed by atoms with van der Waals surface area (Å²) in [7, 11) is 0. The van der Waals surface area contributed by atoms with Gasteiger partial charge in [-0.05, 0) is 12.1 Å². The van der Waals surface area contributed by atoms with Gasteiger partial charge in [0, 0.05) is 6.20 Å². The third kappa shape index (κ3) is 0.307. The number of aromatic nitrogens is 1. The Bertz CT molecular complexity index is 253. The van der Waals surface area contributed by atoms with Gasteiger partial charge in [0.1, 0.15) is 0 Å². The smallest absolute Gasteiger partial charge is 0.282 e. The molecule has 0 aliphatic carbocycles. The van der Waals surface area contributed by atoms with Crippen LogP contribution in [-0.2, 0) is 0 Å². The fourth-order valence-corrected chi connectivity index (χ4v) is 0.552. The average Bonchev–Trinajstić information content (AvgIpc) is 1.72. The van der Waals surface area contributed by atoms with Gasteiger partial charge in [0.2, 0.25) is 5.58 Å². The van der Waals surface area contributed by atoms with Crippen molar-refractivity contribution >= 4 is 11.3 Å². The molecule has 3 heteroatoms. The molecular formula is C5H3NO2. The second kappa shape index (κ2) is 1.12. The summed E-state index contributed by atoms with van der Waals surface area (Å²) < 4.78 is 8.98. The predicted molar refractivity (Wildman–Crippen MR) is 26.3 cm³/mol. The molecule has 2 rings (SSSR count). The molecule has 0 aliphatic heterocycles. The Morgan fingerprint density at radius 3 is 2.75 bits per heavy atom. The molecule has 0 fully saturated rings. The highest BCUT2D eigenvalue weighted by Gasteiger charge is 2.00. The Morgan fingerprint density at radius 2 is 2.38 bits per heavy atom. The van der Waals surface area contributed by atoms with Crippen LogP contribution in [0.15, 0.2) is 27.5 Å². The van der Waals surface area contributed by atoms with E-state index in [1.165, 1.54) is 0 Å². The topological polar surface area (TPSA) is 39.2 Å². The van der Waals surface area contributed by atoms with Crippen LogP contribution >= 0.6 is 0 Å². The fourth-order valence-electron chi connectivity index (χ4n) is 0.552. The maximum absolute atomic E-state index is 4.51. The lowest BCUT2D eigenvalue weighted by molar-refractivity contribution is 0.0549. The Hall–Kier alpha value is -1.25. The molecule has 0 radical (unpaired) electrons. The Balaban J connectivity index is 2.88. The zero-order valence-corrected chi connectivity index (χ0v) is 4.00. The highest BCUT2D eigenvalue weighted by atomic mass is 17.0. The van der Waals surface area contributed by atoms with Crippen molar-refractivity contribution in [3.8, 4) is 0 Å². The quantitative estimate of drug-likeness (QED) is 0.480. The molecule has 0 bridgehead atoms. The molecule has 0 N–H and O–H groups in total. The van der Waals surface area contributed by atoms with Crippen LogP contribution in [0.25, 0.3) is 11.3 Å². The molecular weight excluding hydrogens is 106 g/mol. The van der Waals surface area contributed by atoms with Crippen molar-refractivity contribution in [1.29, 1.82) is 0 Å². The van der Waals surface area contributed by atoms with Crippen LogP contribution in [0.3, 0.4) is 0 Å². The van der Waals surface area contributed by atoms with Gasteiger partial charge >= 0.3 is 5.71 Å². The van der Waals surface area contributed by atoms with E-state index in [2.05, 4.69) is 14.1 Å². The predicted octanol–water partition coefficient (Wildman–Crippen LogP) is 1.42. The van der Waals surface area contributed by atoms with E-state index in [1.807, 2.05) is 0 Å². The van der Waals surface area contributed by atoms with Crippen molar-refractivity contribution in [2.45, 2.75) is 0 Å². The molecule has 0 amide bonds. The summed E-state index contributed by atoms with van der Waals surface area (Å²) >= 11 is 0. The van der Waals surface area contributed by atoms with E-state index in [9.17, 15) is 0 Å². The number of hydrogen-bond acceptors (Lipinski definition) is 3. The minimum Gasteiger partial charge on any atom is -0.282 e. The minimum atomic E-state index is 0.576. The summed E-state index contributed by atoms with van der Waals surface area (Å²) in [6, 6.07) is 3.59. The van der Waals surface area contributed by atoms with Crippen LogP contribution in [0.2, 0.25) is 0 Å². The number of fused-ring (bicyclic) bond motifs is 1. The zero-order valence-electron chi connectivity index (χ0n) is 4.00. The molecule has 0 aromatic carbocycles. The summed E-state index contributed by atoms with van der Waals surface area (Å²) in [6.45, 7) is 0. The highest BCUT2D eigenvalue weighted by molar-refractivity contribution is 5.64. The van der Waals surface area contributed by atoms with Crippen molar-refractivity contribution in [2.24, 2.45) is 0 Å². The van der Waals surface area contributed by atoms with Crippen LogP contribution in [0.5, 0.6) is 0 Å². The van der Waals surface area contributed by atoms with Crippen molar-refractivity contribution in [1.82, 2.24) is 4.98 Å². The molecule has 40 valence electrons. The molecule has 0 unspecified atom stereocenters. The molecule has 0 atom stereocenters. The molecule has 3 nitrogen and oxygen atoms in total. The average molecular weight is 109 g/mol. The molecule has 0 saturated carbocycles. The maximum Gasteiger partial charge on any atom is 0.317 e. The fraction of sp³-hybridized carbons (Fsp3) is 0. The first-order valence-corrected chi connectivity index (χ1v) is 2.26. The Labute approximate surface area is 44.8 Å². The van der Waals surface area contributed by atoms with Gasteiger partial charge < -0.3 is 0 Å². The second-order valence-electron chi connectivity index (χ2n) is 1.47. The van der Waals surface area contributed by atoms with E-state index < -0.39 is 0 Å². The number of rotatable bonds is 0. The monoisotopic (exact) mass is 109 g/mol. The summed E-state index contributed by atoms with van der Waals surface area (Å²) in [5.41, 5.74) is 1.29. The second-order valence-corrected chi connectivity index (χ2v) is 1.47. The normalized spacial score (nSPS) is 10.5. The largest absolute Gasteiger partial charge is 0.317 e. The number of pyridine rings is 1. The van der Waals surface area contributed by atoms with E-state index in [4.69, 9.17) is 0 Å². The number of nitrogens with zero attached hydrogens (tertiary/aromatic N) is 1. The van der Waals surface area contributed by atoms with E-state index >= 15 is 0 Å². The van der Waals surface area contributed by atoms with Crippen molar-refractivity contribution in [3.05, 3.63) is 18.3 Å². The molecule has 0 spiro atoms. The highest BCUT2D eigenvalue weighted by Crippen LogP contribution is 2.12. The summed E-state index contributed by atoms with van der Waals surface area (Å²) in [5.74, 6) is 0. The first-order chi connectivity index (χ1) is 3.97. The van der Waals surface area contributed by atoms with Crippen molar-refractivity contribution < 1.29 is 9.15 Å². The van der Waals surface area contributed by atoms with E-state index in [0.29, 0.717) is 11.3 Å². The van der Waals surface area contributed by atoms with Crippen LogP contribution in [0, 0.1) is 0 Å². The molecule has 2 aromatic heterocycles. The first kappa shape index (κ1) is 3.72. The molecule has 0 saturated heterocycles. The van der Waals surface area contributed by atoms with Gasteiger partial charge in [0.25, 0.3) is 0 Å². The van der Waals surface area contributed by atoms with Gasteiger partial charge in [-0.25, -0.2) is 4.98 Å². The van der Waals surface area contributed by atoms with Gasteiger partial charge in [-0.2, -0.15) is 0 Å². The van der Waals surface area contributed by atoms with Crippen LogP contribution < -0.4 is 0 Å².